The van der Waals surface area contributed by atoms with E-state index in [-0.39, 0.29) is 7.43 Å². The van der Waals surface area contributed by atoms with Crippen LogP contribution in [-0.4, -0.2) is 11.9 Å². The minimum absolute atomic E-state index is 0. The average Bonchev–Trinajstić information content (AvgIpc) is 3.24. The molecular weight excluding hydrogens is 487 g/mol. The first-order valence-corrected chi connectivity index (χ1v) is 13.2. The molecule has 0 N–H and O–H groups in total. The summed E-state index contributed by atoms with van der Waals surface area (Å²) in [5, 5.41) is 3.04. The number of hydrogen-bond donors (Lipinski definition) is 0. The van der Waals surface area contributed by atoms with Gasteiger partial charge in [0.25, 0.3) is 0 Å². The Balaban J connectivity index is 0.000000970. The van der Waals surface area contributed by atoms with E-state index in [0.717, 1.165) is 5.69 Å². The predicted molar refractivity (Wildman–Crippen MR) is 128 cm³/mol. The molecule has 0 aliphatic heterocycles. The summed E-state index contributed by atoms with van der Waals surface area (Å²) in [7, 11) is 3.67. The summed E-state index contributed by atoms with van der Waals surface area (Å²) >= 11 is 2.22. The van der Waals surface area contributed by atoms with Crippen LogP contribution < -0.4 is 10.6 Å². The van der Waals surface area contributed by atoms with Crippen molar-refractivity contribution >= 4 is 40.0 Å². The Hall–Kier alpha value is -1.29. The van der Waals surface area contributed by atoms with Crippen molar-refractivity contribution in [3.8, 4) is 0 Å². The van der Waals surface area contributed by atoms with Crippen LogP contribution in [0, 0.1) is 13.3 Å². The SMILES string of the molecule is C(=Nc1ccccc1)C1CCCC1[PH+](c1ccccc1)c1ccccc1.[CH3-].[Cl][Pd+]. The maximum absolute atomic E-state index is 4.80. The van der Waals surface area contributed by atoms with Crippen molar-refractivity contribution in [3.05, 3.63) is 98.4 Å². The summed E-state index contributed by atoms with van der Waals surface area (Å²) in [4.78, 5) is 4.80. The number of hydrogen-bond acceptors (Lipinski definition) is 1. The van der Waals surface area contributed by atoms with E-state index in [9.17, 15) is 0 Å². The van der Waals surface area contributed by atoms with Crippen LogP contribution >= 0.6 is 17.5 Å². The number of halogens is 1. The normalized spacial score (nSPS) is 18.2. The molecule has 1 saturated carbocycles. The van der Waals surface area contributed by atoms with Gasteiger partial charge in [0.15, 0.2) is 0 Å². The van der Waals surface area contributed by atoms with Crippen LogP contribution in [0.25, 0.3) is 0 Å². The fourth-order valence-electron chi connectivity index (χ4n) is 4.05. The van der Waals surface area contributed by atoms with Gasteiger partial charge in [-0.25, -0.2) is 0 Å². The summed E-state index contributed by atoms with van der Waals surface area (Å²) in [6.45, 7) is 0. The van der Waals surface area contributed by atoms with Gasteiger partial charge in [0.05, 0.1) is 29.9 Å². The Morgan fingerprint density at radius 2 is 1.24 bits per heavy atom. The van der Waals surface area contributed by atoms with Gasteiger partial charge < -0.3 is 7.43 Å². The van der Waals surface area contributed by atoms with Crippen molar-refractivity contribution in [1.29, 1.82) is 0 Å². The molecule has 1 aliphatic rings. The third-order valence-corrected chi connectivity index (χ3v) is 8.65. The molecule has 0 bridgehead atoms. The molecule has 4 rings (SSSR count). The molecule has 0 heterocycles. The molecule has 29 heavy (non-hydrogen) atoms. The summed E-state index contributed by atoms with van der Waals surface area (Å²) < 4.78 is 0. The van der Waals surface area contributed by atoms with Gasteiger partial charge in [0.1, 0.15) is 0 Å². The van der Waals surface area contributed by atoms with Gasteiger partial charge in [-0.1, -0.05) is 54.6 Å². The van der Waals surface area contributed by atoms with E-state index in [1.165, 1.54) is 29.9 Å². The van der Waals surface area contributed by atoms with Gasteiger partial charge in [0, 0.05) is 12.1 Å². The fraction of sp³-hybridized carbons (Fsp3) is 0.200. The van der Waals surface area contributed by atoms with Crippen LogP contribution in [0.1, 0.15) is 19.3 Å². The summed E-state index contributed by atoms with van der Waals surface area (Å²) in [5.41, 5.74) is 1.77. The zero-order valence-corrected chi connectivity index (χ0v) is 20.0. The van der Waals surface area contributed by atoms with Crippen LogP contribution in [0.4, 0.5) is 5.69 Å². The third kappa shape index (κ3) is 6.60. The Bertz CT molecular complexity index is 803. The van der Waals surface area contributed by atoms with Gasteiger partial charge in [-0.15, -0.1) is 0 Å². The van der Waals surface area contributed by atoms with Crippen LogP contribution in [0.5, 0.6) is 0 Å². The maximum atomic E-state index is 4.80. The molecule has 3 aromatic carbocycles. The van der Waals surface area contributed by atoms with Crippen molar-refractivity contribution in [2.75, 3.05) is 0 Å². The number of nitrogens with zero attached hydrogens (tertiary/aromatic N) is 1. The van der Waals surface area contributed by atoms with E-state index in [4.69, 9.17) is 4.99 Å². The number of aliphatic imine (C=N–C) groups is 1. The first kappa shape index (κ1) is 24.0. The van der Waals surface area contributed by atoms with Crippen LogP contribution in [0.2, 0.25) is 0 Å². The van der Waals surface area contributed by atoms with Gasteiger partial charge in [-0.05, 0) is 55.7 Å². The fourth-order valence-corrected chi connectivity index (χ4v) is 7.52. The molecular formula is C25H28ClNPPd+. The second-order valence-electron chi connectivity index (χ2n) is 6.96. The molecule has 1 fully saturated rings. The molecule has 0 amide bonds. The first-order valence-electron chi connectivity index (χ1n) is 9.61. The van der Waals surface area contributed by atoms with E-state index in [2.05, 4.69) is 119 Å². The summed E-state index contributed by atoms with van der Waals surface area (Å²) in [6, 6.07) is 32.6. The topological polar surface area (TPSA) is 12.4 Å². The van der Waals surface area contributed by atoms with E-state index in [1.54, 1.807) is 0 Å². The molecule has 4 heteroatoms. The zero-order chi connectivity index (χ0) is 19.6. The average molecular weight is 515 g/mol. The third-order valence-electron chi connectivity index (χ3n) is 5.28. The first-order chi connectivity index (χ1) is 13.9. The van der Waals surface area contributed by atoms with Gasteiger partial charge >= 0.3 is 27.7 Å². The predicted octanol–water partition coefficient (Wildman–Crippen LogP) is 6.56. The van der Waals surface area contributed by atoms with Gasteiger partial charge in [-0.2, -0.15) is 0 Å². The summed E-state index contributed by atoms with van der Waals surface area (Å²) in [5.74, 6) is 0.574. The minimum atomic E-state index is -0.820. The Labute approximate surface area is 191 Å². The molecule has 0 saturated heterocycles. The Morgan fingerprint density at radius 1 is 0.759 bits per heavy atom. The van der Waals surface area contributed by atoms with Crippen LogP contribution in [-0.2, 0) is 18.2 Å². The number of para-hydroxylation sites is 1. The zero-order valence-electron chi connectivity index (χ0n) is 16.7. The molecule has 0 spiro atoms. The number of rotatable bonds is 5. The van der Waals surface area contributed by atoms with Gasteiger partial charge in [0.2, 0.25) is 0 Å². The standard InChI is InChI=1S/C24H24NP.CH3.ClH.Pd/c1-4-12-21(13-5-1)25-19-20-11-10-18-24(20)26(22-14-6-2-7-15-22)23-16-8-3-9-17-23;;;/h1-9,12-17,19-20,24H,10-11,18H2;1H3;1H;/q;-1;;+2. The van der Waals surface area contributed by atoms with Crippen molar-refractivity contribution in [1.82, 2.24) is 0 Å². The Morgan fingerprint density at radius 3 is 1.76 bits per heavy atom. The van der Waals surface area contributed by atoms with Crippen molar-refractivity contribution in [2.24, 2.45) is 10.9 Å². The second kappa shape index (κ2) is 13.1. The quantitative estimate of drug-likeness (QED) is 0.158. The number of benzene rings is 3. The molecule has 0 aromatic heterocycles. The van der Waals surface area contributed by atoms with Crippen LogP contribution in [0.15, 0.2) is 96.0 Å². The molecule has 2 unspecified atom stereocenters. The van der Waals surface area contributed by atoms with Crippen molar-refractivity contribution < 1.29 is 18.2 Å². The van der Waals surface area contributed by atoms with Crippen molar-refractivity contribution in [2.45, 2.75) is 24.9 Å². The molecule has 2 atom stereocenters. The van der Waals surface area contributed by atoms with E-state index in [1.807, 2.05) is 6.07 Å². The monoisotopic (exact) mass is 514 g/mol. The van der Waals surface area contributed by atoms with E-state index >= 15 is 0 Å². The van der Waals surface area contributed by atoms with Crippen molar-refractivity contribution in [3.63, 3.8) is 0 Å². The van der Waals surface area contributed by atoms with Gasteiger partial charge in [-0.3, -0.25) is 4.99 Å². The van der Waals surface area contributed by atoms with E-state index < -0.39 is 7.92 Å². The molecule has 1 aliphatic carbocycles. The summed E-state index contributed by atoms with van der Waals surface area (Å²) in [6.07, 6.45) is 6.12. The molecule has 0 radical (unpaired) electrons. The molecule has 154 valence electrons. The van der Waals surface area contributed by atoms with Crippen LogP contribution in [0.3, 0.4) is 0 Å². The van der Waals surface area contributed by atoms with E-state index in [0.29, 0.717) is 11.6 Å². The Kier molecular flexibility index (Phi) is 10.8. The molecule has 3 aromatic rings. The second-order valence-corrected chi connectivity index (χ2v) is 9.68. The molecule has 1 nitrogen and oxygen atoms in total.